The molecule has 0 aliphatic heterocycles. The molecule has 1 rings (SSSR count). The maximum Gasteiger partial charge on any atom is 0.408 e. The van der Waals surface area contributed by atoms with Crippen LogP contribution in [0.4, 0.5) is 14.4 Å². The van der Waals surface area contributed by atoms with Crippen LogP contribution in [0.3, 0.4) is 0 Å². The third kappa shape index (κ3) is 16.2. The number of amides is 3. The van der Waals surface area contributed by atoms with E-state index in [-0.39, 0.29) is 26.4 Å². The minimum absolute atomic E-state index is 0.0382. The van der Waals surface area contributed by atoms with E-state index in [0.717, 1.165) is 0 Å². The number of carbonyl (C=O) groups is 6. The second-order valence-electron chi connectivity index (χ2n) is 13.5. The smallest absolute Gasteiger partial charge is 0.408 e. The summed E-state index contributed by atoms with van der Waals surface area (Å²) in [5.74, 6) is -3.25. The summed E-state index contributed by atoms with van der Waals surface area (Å²) in [6.07, 6.45) is -2.39. The van der Waals surface area contributed by atoms with Gasteiger partial charge >= 0.3 is 36.2 Å². The minimum atomic E-state index is -0.923. The Morgan fingerprint density at radius 3 is 1.13 bits per heavy atom. The molecule has 45 heavy (non-hydrogen) atoms. The Hall–Kier alpha value is -3.82. The zero-order valence-electron chi connectivity index (χ0n) is 27.9. The third-order valence-electron chi connectivity index (χ3n) is 5.94. The molecule has 0 radical (unpaired) electrons. The fraction of sp³-hybridized carbons (Fsp3) is 0.793. The molecule has 16 heteroatoms. The van der Waals surface area contributed by atoms with Crippen molar-refractivity contribution in [3.8, 4) is 0 Å². The van der Waals surface area contributed by atoms with Crippen LogP contribution in [0.15, 0.2) is 0 Å². The van der Waals surface area contributed by atoms with Crippen molar-refractivity contribution >= 4 is 36.2 Å². The summed E-state index contributed by atoms with van der Waals surface area (Å²) in [6.45, 7) is 13.2. The summed E-state index contributed by atoms with van der Waals surface area (Å²) < 4.78 is 36.8. The van der Waals surface area contributed by atoms with Crippen LogP contribution in [-0.4, -0.2) is 106 Å². The van der Waals surface area contributed by atoms with Crippen molar-refractivity contribution in [1.82, 2.24) is 16.0 Å². The Labute approximate surface area is 263 Å². The van der Waals surface area contributed by atoms with Crippen molar-refractivity contribution < 1.29 is 61.9 Å². The molecule has 0 heterocycles. The molecule has 0 saturated heterocycles. The highest BCUT2D eigenvalue weighted by molar-refractivity contribution is 5.79. The van der Waals surface area contributed by atoms with Crippen molar-refractivity contribution in [1.29, 1.82) is 0 Å². The van der Waals surface area contributed by atoms with E-state index in [1.165, 1.54) is 7.11 Å². The van der Waals surface area contributed by atoms with Crippen molar-refractivity contribution in [2.75, 3.05) is 53.2 Å². The fourth-order valence-corrected chi connectivity index (χ4v) is 4.08. The molecule has 1 aliphatic carbocycles. The van der Waals surface area contributed by atoms with Crippen LogP contribution in [0, 0.1) is 17.3 Å². The number of ether oxygens (including phenoxy) is 7. The van der Waals surface area contributed by atoms with E-state index in [1.54, 1.807) is 62.3 Å². The first-order valence-electron chi connectivity index (χ1n) is 14.4. The average Bonchev–Trinajstić information content (AvgIpc) is 3.47. The fourth-order valence-electron chi connectivity index (χ4n) is 4.08. The number of hydrogen-bond donors (Lipinski definition) is 3. The van der Waals surface area contributed by atoms with Gasteiger partial charge in [-0.3, -0.25) is 14.4 Å². The van der Waals surface area contributed by atoms with E-state index in [1.807, 2.05) is 0 Å². The highest BCUT2D eigenvalue weighted by Gasteiger charge is 2.66. The SMILES string of the molecule is COCC1(COC(=O)CNC(=O)OC(C)(C)C)[C@H](COC(=O)CNC(=O)OC(C)(C)C)[C@@H]1COC(=O)CNC(=O)OC(C)(C)C. The molecule has 0 aromatic carbocycles. The van der Waals surface area contributed by atoms with E-state index < -0.39 is 89.9 Å². The third-order valence-corrected chi connectivity index (χ3v) is 5.94. The lowest BCUT2D eigenvalue weighted by Crippen LogP contribution is -2.37. The predicted octanol–water partition coefficient (Wildman–Crippen LogP) is 2.07. The maximum absolute atomic E-state index is 12.4. The normalized spacial score (nSPS) is 19.3. The van der Waals surface area contributed by atoms with E-state index >= 15 is 0 Å². The van der Waals surface area contributed by atoms with Gasteiger partial charge in [0.25, 0.3) is 0 Å². The first-order valence-corrected chi connectivity index (χ1v) is 14.4. The molecule has 3 N–H and O–H groups in total. The Morgan fingerprint density at radius 1 is 0.533 bits per heavy atom. The standard InChI is InChI=1S/C29H49N3O13/c1-26(2,3)43-23(36)30-11-20(33)40-14-18-19(15-41-21(34)12-31-24(37)44-27(4,5)6)29(18,16-39-10)17-42-22(35)13-32-25(38)45-28(7,8)9/h18-19H,11-17H2,1-10H3,(H,30,36)(H,31,37)(H,32,38)/t18-,19+,29?. The number of alkyl carbamates (subject to hydrolysis) is 3. The van der Waals surface area contributed by atoms with Gasteiger partial charge < -0.3 is 49.1 Å². The maximum atomic E-state index is 12.4. The van der Waals surface area contributed by atoms with Crippen molar-refractivity contribution in [2.24, 2.45) is 17.3 Å². The predicted molar refractivity (Wildman–Crippen MR) is 157 cm³/mol. The molecular weight excluding hydrogens is 598 g/mol. The minimum Gasteiger partial charge on any atom is -0.464 e. The van der Waals surface area contributed by atoms with E-state index in [2.05, 4.69) is 16.0 Å². The van der Waals surface area contributed by atoms with Gasteiger partial charge in [0.15, 0.2) is 0 Å². The molecule has 1 fully saturated rings. The van der Waals surface area contributed by atoms with Crippen molar-refractivity contribution in [3.63, 3.8) is 0 Å². The molecule has 0 aromatic heterocycles. The molecule has 0 spiro atoms. The van der Waals surface area contributed by atoms with Gasteiger partial charge in [-0.15, -0.1) is 0 Å². The first kappa shape index (κ1) is 39.2. The first-order chi connectivity index (χ1) is 20.6. The van der Waals surface area contributed by atoms with Gasteiger partial charge in [0, 0.05) is 24.4 Å². The van der Waals surface area contributed by atoms with Gasteiger partial charge in [0.2, 0.25) is 0 Å². The van der Waals surface area contributed by atoms with Crippen LogP contribution in [-0.2, 0) is 47.5 Å². The molecule has 3 atom stereocenters. The lowest BCUT2D eigenvalue weighted by atomic mass is 10.0. The number of methoxy groups -OCH3 is 1. The second-order valence-corrected chi connectivity index (χ2v) is 13.5. The van der Waals surface area contributed by atoms with Crippen LogP contribution in [0.25, 0.3) is 0 Å². The second kappa shape index (κ2) is 16.5. The quantitative estimate of drug-likeness (QED) is 0.183. The monoisotopic (exact) mass is 647 g/mol. The van der Waals surface area contributed by atoms with Crippen LogP contribution < -0.4 is 16.0 Å². The van der Waals surface area contributed by atoms with Gasteiger partial charge in [-0.25, -0.2) is 14.4 Å². The van der Waals surface area contributed by atoms with Crippen molar-refractivity contribution in [3.05, 3.63) is 0 Å². The van der Waals surface area contributed by atoms with Crippen LogP contribution >= 0.6 is 0 Å². The van der Waals surface area contributed by atoms with E-state index in [0.29, 0.717) is 0 Å². The highest BCUT2D eigenvalue weighted by atomic mass is 16.6. The number of esters is 3. The summed E-state index contributed by atoms with van der Waals surface area (Å²) in [5.41, 5.74) is -3.19. The molecule has 0 bridgehead atoms. The molecule has 16 nitrogen and oxygen atoms in total. The molecule has 258 valence electrons. The zero-order valence-corrected chi connectivity index (χ0v) is 27.9. The molecular formula is C29H49N3O13. The topological polar surface area (TPSA) is 203 Å². The highest BCUT2D eigenvalue weighted by Crippen LogP contribution is 2.59. The molecule has 1 unspecified atom stereocenters. The van der Waals surface area contributed by atoms with Crippen LogP contribution in [0.1, 0.15) is 62.3 Å². The average molecular weight is 648 g/mol. The van der Waals surface area contributed by atoms with Crippen LogP contribution in [0.2, 0.25) is 0 Å². The van der Waals surface area contributed by atoms with Crippen LogP contribution in [0.5, 0.6) is 0 Å². The molecule has 1 saturated carbocycles. The largest absolute Gasteiger partial charge is 0.464 e. The lowest BCUT2D eigenvalue weighted by molar-refractivity contribution is -0.148. The number of rotatable bonds is 14. The Kier molecular flexibility index (Phi) is 14.4. The van der Waals surface area contributed by atoms with E-state index in [9.17, 15) is 28.8 Å². The Bertz CT molecular complexity index is 1000. The van der Waals surface area contributed by atoms with Crippen molar-refractivity contribution in [2.45, 2.75) is 79.1 Å². The summed E-state index contributed by atoms with van der Waals surface area (Å²) >= 11 is 0. The number of hydrogen-bond acceptors (Lipinski definition) is 13. The summed E-state index contributed by atoms with van der Waals surface area (Å²) in [4.78, 5) is 72.7. The van der Waals surface area contributed by atoms with Gasteiger partial charge in [0.1, 0.15) is 36.4 Å². The Morgan fingerprint density at radius 2 is 0.844 bits per heavy atom. The molecule has 3 amide bonds. The Balaban J connectivity index is 2.84. The lowest BCUT2D eigenvalue weighted by Gasteiger charge is -2.20. The zero-order chi connectivity index (χ0) is 34.6. The summed E-state index contributed by atoms with van der Waals surface area (Å²) in [6, 6.07) is 0. The number of carbonyl (C=O) groups excluding carboxylic acids is 6. The molecule has 1 aliphatic rings. The van der Waals surface area contributed by atoms with Gasteiger partial charge in [-0.05, 0) is 62.3 Å². The van der Waals surface area contributed by atoms with Gasteiger partial charge in [0.05, 0.1) is 26.4 Å². The number of nitrogens with one attached hydrogen (secondary N) is 3. The molecule has 0 aromatic rings. The van der Waals surface area contributed by atoms with E-state index in [4.69, 9.17) is 33.2 Å². The summed E-state index contributed by atoms with van der Waals surface area (Å²) in [7, 11) is 1.42. The van der Waals surface area contributed by atoms with Gasteiger partial charge in [-0.2, -0.15) is 0 Å². The summed E-state index contributed by atoms with van der Waals surface area (Å²) in [5, 5.41) is 6.92. The van der Waals surface area contributed by atoms with Gasteiger partial charge in [-0.1, -0.05) is 0 Å².